The number of unbranched alkanes of at least 4 members (excludes halogenated alkanes) is 2. The van der Waals surface area contributed by atoms with Crippen molar-refractivity contribution in [3.05, 3.63) is 0 Å². The molecule has 1 amide bonds. The van der Waals surface area contributed by atoms with E-state index in [-0.39, 0.29) is 11.8 Å². The molecule has 16 heavy (non-hydrogen) atoms. The molecule has 0 aromatic heterocycles. The van der Waals surface area contributed by atoms with Crippen LogP contribution in [0.4, 0.5) is 0 Å². The monoisotopic (exact) mass is 221 g/mol. The Morgan fingerprint density at radius 3 is 2.62 bits per heavy atom. The molecule has 1 N–H and O–H groups in total. The highest BCUT2D eigenvalue weighted by molar-refractivity contribution is 5.78. The number of hydrogen-bond donors (Lipinski definition) is 1. The molecule has 1 fully saturated rings. The van der Waals surface area contributed by atoms with E-state index in [4.69, 9.17) is 6.42 Å². The minimum absolute atomic E-state index is 0.257. The molecule has 0 unspecified atom stereocenters. The predicted octanol–water partition coefficient (Wildman–Crippen LogP) is 2.73. The maximum absolute atomic E-state index is 11.8. The van der Waals surface area contributed by atoms with E-state index in [1.807, 2.05) is 0 Å². The molecule has 1 aliphatic rings. The second-order valence-electron chi connectivity index (χ2n) is 4.91. The molecular formula is C14H23NO. The van der Waals surface area contributed by atoms with Gasteiger partial charge in [-0.25, -0.2) is 0 Å². The molecule has 2 nitrogen and oxygen atoms in total. The Morgan fingerprint density at radius 2 is 2.00 bits per heavy atom. The summed E-state index contributed by atoms with van der Waals surface area (Å²) in [5.74, 6) is 3.94. The van der Waals surface area contributed by atoms with Gasteiger partial charge in [0.15, 0.2) is 0 Å². The summed E-state index contributed by atoms with van der Waals surface area (Å²) in [6.45, 7) is 3.06. The van der Waals surface area contributed by atoms with E-state index in [0.717, 1.165) is 44.6 Å². The Hall–Kier alpha value is -0.970. The van der Waals surface area contributed by atoms with E-state index in [0.29, 0.717) is 0 Å². The Balaban J connectivity index is 2.08. The summed E-state index contributed by atoms with van der Waals surface area (Å²) in [5, 5.41) is 3.02. The third kappa shape index (κ3) is 4.70. The molecule has 0 spiro atoms. The van der Waals surface area contributed by atoms with Gasteiger partial charge in [-0.05, 0) is 44.4 Å². The van der Waals surface area contributed by atoms with Crippen molar-refractivity contribution in [3.63, 3.8) is 0 Å². The van der Waals surface area contributed by atoms with Crippen molar-refractivity contribution >= 4 is 5.91 Å². The summed E-state index contributed by atoms with van der Waals surface area (Å²) in [7, 11) is 0. The second-order valence-corrected chi connectivity index (χ2v) is 4.91. The molecule has 0 radical (unpaired) electrons. The summed E-state index contributed by atoms with van der Waals surface area (Å²) in [6, 6.07) is 0. The Bertz CT molecular complexity index is 246. The standard InChI is InChI=1S/C14H23NO/c1-3-4-5-6-11-15-14(16)13-9-7-12(2)8-10-13/h1,12-13H,4-11H2,2H3,(H,15,16). The van der Waals surface area contributed by atoms with Crippen LogP contribution in [0.2, 0.25) is 0 Å². The Labute approximate surface area is 99.2 Å². The largest absolute Gasteiger partial charge is 0.356 e. The average Bonchev–Trinajstić information content (AvgIpc) is 2.29. The van der Waals surface area contributed by atoms with Crippen molar-refractivity contribution in [2.75, 3.05) is 6.54 Å². The highest BCUT2D eigenvalue weighted by atomic mass is 16.1. The van der Waals surface area contributed by atoms with Crippen molar-refractivity contribution in [3.8, 4) is 12.3 Å². The zero-order chi connectivity index (χ0) is 11.8. The molecular weight excluding hydrogens is 198 g/mol. The first-order valence-electron chi connectivity index (χ1n) is 6.45. The lowest BCUT2D eigenvalue weighted by Gasteiger charge is -2.25. The molecule has 1 saturated carbocycles. The fraction of sp³-hybridized carbons (Fsp3) is 0.786. The van der Waals surface area contributed by atoms with Gasteiger partial charge in [0.1, 0.15) is 0 Å². The molecule has 0 heterocycles. The van der Waals surface area contributed by atoms with Crippen LogP contribution in [0.25, 0.3) is 0 Å². The van der Waals surface area contributed by atoms with Crippen LogP contribution in [0, 0.1) is 24.2 Å². The van der Waals surface area contributed by atoms with Gasteiger partial charge in [0.25, 0.3) is 0 Å². The van der Waals surface area contributed by atoms with Crippen molar-refractivity contribution in [1.82, 2.24) is 5.32 Å². The summed E-state index contributed by atoms with van der Waals surface area (Å²) in [5.41, 5.74) is 0. The minimum atomic E-state index is 0.257. The smallest absolute Gasteiger partial charge is 0.223 e. The molecule has 0 saturated heterocycles. The minimum Gasteiger partial charge on any atom is -0.356 e. The van der Waals surface area contributed by atoms with Crippen LogP contribution in [0.1, 0.15) is 51.9 Å². The second kappa shape index (κ2) is 7.33. The molecule has 0 aliphatic heterocycles. The van der Waals surface area contributed by atoms with Gasteiger partial charge in [0, 0.05) is 18.9 Å². The fourth-order valence-corrected chi connectivity index (χ4v) is 2.23. The molecule has 0 aromatic rings. The number of hydrogen-bond acceptors (Lipinski definition) is 1. The van der Waals surface area contributed by atoms with Crippen LogP contribution in [-0.4, -0.2) is 12.5 Å². The zero-order valence-electron chi connectivity index (χ0n) is 10.3. The molecule has 0 atom stereocenters. The number of nitrogens with one attached hydrogen (secondary N) is 1. The van der Waals surface area contributed by atoms with Gasteiger partial charge in [-0.1, -0.05) is 6.92 Å². The average molecular weight is 221 g/mol. The normalized spacial score (nSPS) is 24.8. The maximum atomic E-state index is 11.8. The lowest BCUT2D eigenvalue weighted by molar-refractivity contribution is -0.126. The zero-order valence-corrected chi connectivity index (χ0v) is 10.3. The molecule has 90 valence electrons. The van der Waals surface area contributed by atoms with E-state index in [1.165, 1.54) is 12.8 Å². The van der Waals surface area contributed by atoms with Crippen LogP contribution >= 0.6 is 0 Å². The van der Waals surface area contributed by atoms with Crippen molar-refractivity contribution in [2.45, 2.75) is 51.9 Å². The van der Waals surface area contributed by atoms with Crippen molar-refractivity contribution in [2.24, 2.45) is 11.8 Å². The molecule has 0 aromatic carbocycles. The van der Waals surface area contributed by atoms with E-state index in [2.05, 4.69) is 18.2 Å². The van der Waals surface area contributed by atoms with Gasteiger partial charge in [0.2, 0.25) is 5.91 Å². The van der Waals surface area contributed by atoms with Crippen LogP contribution in [-0.2, 0) is 4.79 Å². The van der Waals surface area contributed by atoms with Gasteiger partial charge in [-0.2, -0.15) is 0 Å². The maximum Gasteiger partial charge on any atom is 0.223 e. The fourth-order valence-electron chi connectivity index (χ4n) is 2.23. The lowest BCUT2D eigenvalue weighted by Crippen LogP contribution is -2.33. The summed E-state index contributed by atoms with van der Waals surface area (Å²) in [4.78, 5) is 11.8. The van der Waals surface area contributed by atoms with Crippen LogP contribution in [0.3, 0.4) is 0 Å². The highest BCUT2D eigenvalue weighted by Crippen LogP contribution is 2.28. The molecule has 0 bridgehead atoms. The van der Waals surface area contributed by atoms with E-state index < -0.39 is 0 Å². The molecule has 1 rings (SSSR count). The Kier molecular flexibility index (Phi) is 6.00. The number of amides is 1. The SMILES string of the molecule is C#CCCCCNC(=O)C1CCC(C)CC1. The number of terminal acetylenes is 1. The first-order valence-corrected chi connectivity index (χ1v) is 6.45. The summed E-state index contributed by atoms with van der Waals surface area (Å²) in [6.07, 6.45) is 12.5. The highest BCUT2D eigenvalue weighted by Gasteiger charge is 2.23. The third-order valence-electron chi connectivity index (χ3n) is 3.43. The van der Waals surface area contributed by atoms with Gasteiger partial charge in [-0.3, -0.25) is 4.79 Å². The first kappa shape index (κ1) is 13.1. The van der Waals surface area contributed by atoms with Crippen LogP contribution < -0.4 is 5.32 Å². The van der Waals surface area contributed by atoms with Crippen molar-refractivity contribution < 1.29 is 4.79 Å². The van der Waals surface area contributed by atoms with Crippen LogP contribution in [0.15, 0.2) is 0 Å². The van der Waals surface area contributed by atoms with E-state index in [1.54, 1.807) is 0 Å². The van der Waals surface area contributed by atoms with Gasteiger partial charge in [0.05, 0.1) is 0 Å². The number of carbonyl (C=O) groups is 1. The van der Waals surface area contributed by atoms with Gasteiger partial charge < -0.3 is 5.32 Å². The van der Waals surface area contributed by atoms with Crippen molar-refractivity contribution in [1.29, 1.82) is 0 Å². The van der Waals surface area contributed by atoms with Gasteiger partial charge in [-0.15, -0.1) is 12.3 Å². The topological polar surface area (TPSA) is 29.1 Å². The lowest BCUT2D eigenvalue weighted by atomic mass is 9.82. The van der Waals surface area contributed by atoms with Crippen LogP contribution in [0.5, 0.6) is 0 Å². The molecule has 1 aliphatic carbocycles. The van der Waals surface area contributed by atoms with E-state index >= 15 is 0 Å². The summed E-state index contributed by atoms with van der Waals surface area (Å²) >= 11 is 0. The van der Waals surface area contributed by atoms with Gasteiger partial charge >= 0.3 is 0 Å². The quantitative estimate of drug-likeness (QED) is 0.561. The first-order chi connectivity index (χ1) is 7.74. The summed E-state index contributed by atoms with van der Waals surface area (Å²) < 4.78 is 0. The third-order valence-corrected chi connectivity index (χ3v) is 3.43. The van der Waals surface area contributed by atoms with E-state index in [9.17, 15) is 4.79 Å². The number of carbonyl (C=O) groups excluding carboxylic acids is 1. The number of rotatable bonds is 5. The predicted molar refractivity (Wildman–Crippen MR) is 66.8 cm³/mol. The Morgan fingerprint density at radius 1 is 1.31 bits per heavy atom. The molecule has 2 heteroatoms.